The van der Waals surface area contributed by atoms with Crippen molar-refractivity contribution in [2.45, 2.75) is 26.3 Å². The molecule has 0 spiro atoms. The molecule has 6 nitrogen and oxygen atoms in total. The fraction of sp³-hybridized carbons (Fsp3) is 0.312. The topological polar surface area (TPSA) is 82.7 Å². The summed E-state index contributed by atoms with van der Waals surface area (Å²) < 4.78 is 15.7. The average molecular weight is 315 g/mol. The van der Waals surface area contributed by atoms with E-state index in [0.29, 0.717) is 6.54 Å². The molecule has 2 amide bonds. The molecule has 0 unspecified atom stereocenters. The second-order valence-corrected chi connectivity index (χ2v) is 4.93. The van der Waals surface area contributed by atoms with E-state index in [2.05, 4.69) is 15.6 Å². The molecule has 0 saturated carbocycles. The molecule has 0 aliphatic heterocycles. The SMILES string of the molecule is CCc1nccn1CCCNC(=O)Nc1ccc(C#N)cc1F. The molecule has 1 aromatic heterocycles. The quantitative estimate of drug-likeness (QED) is 0.804. The lowest BCUT2D eigenvalue weighted by Crippen LogP contribution is -2.30. The van der Waals surface area contributed by atoms with Crippen LogP contribution < -0.4 is 10.6 Å². The molecule has 1 heterocycles. The van der Waals surface area contributed by atoms with Gasteiger partial charge in [0.25, 0.3) is 0 Å². The maximum atomic E-state index is 13.7. The van der Waals surface area contributed by atoms with Crippen LogP contribution in [-0.4, -0.2) is 22.1 Å². The molecule has 0 atom stereocenters. The van der Waals surface area contributed by atoms with Gasteiger partial charge in [-0.1, -0.05) is 6.92 Å². The van der Waals surface area contributed by atoms with Gasteiger partial charge in [-0.3, -0.25) is 0 Å². The van der Waals surface area contributed by atoms with Crippen LogP contribution >= 0.6 is 0 Å². The van der Waals surface area contributed by atoms with Crippen molar-refractivity contribution in [3.05, 3.63) is 47.8 Å². The first-order valence-corrected chi connectivity index (χ1v) is 7.38. The summed E-state index contributed by atoms with van der Waals surface area (Å²) in [6.45, 7) is 3.26. The van der Waals surface area contributed by atoms with Crippen LogP contribution in [0, 0.1) is 17.1 Å². The number of carbonyl (C=O) groups is 1. The van der Waals surface area contributed by atoms with Crippen molar-refractivity contribution in [1.82, 2.24) is 14.9 Å². The minimum Gasteiger partial charge on any atom is -0.338 e. The van der Waals surface area contributed by atoms with Crippen LogP contribution in [0.4, 0.5) is 14.9 Å². The summed E-state index contributed by atoms with van der Waals surface area (Å²) in [6.07, 6.45) is 5.27. The number of aryl methyl sites for hydroxylation is 2. The third kappa shape index (κ3) is 4.54. The number of anilines is 1. The number of halogens is 1. The van der Waals surface area contributed by atoms with Crippen LogP contribution in [0.1, 0.15) is 24.7 Å². The second kappa shape index (κ2) is 7.94. The molecule has 1 aromatic carbocycles. The van der Waals surface area contributed by atoms with Gasteiger partial charge in [0, 0.05) is 31.9 Å². The Hall–Kier alpha value is -2.88. The Morgan fingerprint density at radius 3 is 3.00 bits per heavy atom. The Morgan fingerprint density at radius 1 is 1.48 bits per heavy atom. The first-order valence-electron chi connectivity index (χ1n) is 7.38. The number of nitrogens with zero attached hydrogens (tertiary/aromatic N) is 3. The first kappa shape index (κ1) is 16.5. The van der Waals surface area contributed by atoms with E-state index < -0.39 is 11.8 Å². The van der Waals surface area contributed by atoms with Crippen LogP contribution in [0.2, 0.25) is 0 Å². The van der Waals surface area contributed by atoms with E-state index in [1.807, 2.05) is 23.8 Å². The number of nitriles is 1. The lowest BCUT2D eigenvalue weighted by atomic mass is 10.2. The maximum absolute atomic E-state index is 13.7. The minimum atomic E-state index is -0.634. The lowest BCUT2D eigenvalue weighted by molar-refractivity contribution is 0.251. The van der Waals surface area contributed by atoms with Crippen LogP contribution in [0.3, 0.4) is 0 Å². The minimum absolute atomic E-state index is 0.0457. The summed E-state index contributed by atoms with van der Waals surface area (Å²) in [6, 6.07) is 5.26. The number of imidazole rings is 1. The predicted octanol–water partition coefficient (Wildman–Crippen LogP) is 2.67. The highest BCUT2D eigenvalue weighted by molar-refractivity contribution is 5.89. The number of urea groups is 1. The molecule has 7 heteroatoms. The summed E-state index contributed by atoms with van der Waals surface area (Å²) in [7, 11) is 0. The number of benzene rings is 1. The Balaban J connectivity index is 1.76. The van der Waals surface area contributed by atoms with Gasteiger partial charge >= 0.3 is 6.03 Å². The molecule has 2 rings (SSSR count). The van der Waals surface area contributed by atoms with Crippen molar-refractivity contribution in [1.29, 1.82) is 5.26 Å². The molecule has 120 valence electrons. The highest BCUT2D eigenvalue weighted by Crippen LogP contribution is 2.15. The number of nitrogens with one attached hydrogen (secondary N) is 2. The first-order chi connectivity index (χ1) is 11.1. The van der Waals surface area contributed by atoms with Gasteiger partial charge in [0.05, 0.1) is 17.3 Å². The summed E-state index contributed by atoms with van der Waals surface area (Å²) >= 11 is 0. The van der Waals surface area contributed by atoms with Crippen LogP contribution in [0.25, 0.3) is 0 Å². The number of aromatic nitrogens is 2. The van der Waals surface area contributed by atoms with Crippen molar-refractivity contribution in [3.63, 3.8) is 0 Å². The number of amides is 2. The molecule has 0 aliphatic carbocycles. The zero-order chi connectivity index (χ0) is 16.7. The second-order valence-electron chi connectivity index (χ2n) is 4.93. The van der Waals surface area contributed by atoms with E-state index in [4.69, 9.17) is 5.26 Å². The lowest BCUT2D eigenvalue weighted by Gasteiger charge is -2.09. The predicted molar refractivity (Wildman–Crippen MR) is 84.4 cm³/mol. The van der Waals surface area contributed by atoms with Crippen LogP contribution in [0.5, 0.6) is 0 Å². The number of hydrogen-bond acceptors (Lipinski definition) is 3. The van der Waals surface area contributed by atoms with Gasteiger partial charge in [-0.05, 0) is 24.6 Å². The molecule has 23 heavy (non-hydrogen) atoms. The summed E-state index contributed by atoms with van der Waals surface area (Å²) in [5.41, 5.74) is 0.255. The fourth-order valence-corrected chi connectivity index (χ4v) is 2.16. The van der Waals surface area contributed by atoms with E-state index in [-0.39, 0.29) is 11.3 Å². The Kier molecular flexibility index (Phi) is 5.69. The van der Waals surface area contributed by atoms with Gasteiger partial charge in [-0.2, -0.15) is 5.26 Å². The number of carbonyl (C=O) groups excluding carboxylic acids is 1. The Morgan fingerprint density at radius 2 is 2.30 bits per heavy atom. The summed E-state index contributed by atoms with van der Waals surface area (Å²) in [4.78, 5) is 16.0. The monoisotopic (exact) mass is 315 g/mol. The molecule has 0 aliphatic rings. The van der Waals surface area contributed by atoms with E-state index in [1.54, 1.807) is 6.20 Å². The average Bonchev–Trinajstić information content (AvgIpc) is 3.01. The number of rotatable bonds is 6. The number of hydrogen-bond donors (Lipinski definition) is 2. The van der Waals surface area contributed by atoms with E-state index in [9.17, 15) is 9.18 Å². The van der Waals surface area contributed by atoms with Gasteiger partial charge in [-0.25, -0.2) is 14.2 Å². The zero-order valence-corrected chi connectivity index (χ0v) is 12.8. The highest BCUT2D eigenvalue weighted by Gasteiger charge is 2.07. The smallest absolute Gasteiger partial charge is 0.319 e. The van der Waals surface area contributed by atoms with E-state index in [1.165, 1.54) is 12.1 Å². The van der Waals surface area contributed by atoms with Gasteiger partial charge in [0.2, 0.25) is 0 Å². The Bertz CT molecular complexity index is 720. The molecule has 2 aromatic rings. The van der Waals surface area contributed by atoms with Crippen molar-refractivity contribution in [3.8, 4) is 6.07 Å². The van der Waals surface area contributed by atoms with Crippen molar-refractivity contribution in [2.24, 2.45) is 0 Å². The molecular weight excluding hydrogens is 297 g/mol. The summed E-state index contributed by atoms with van der Waals surface area (Å²) in [5, 5.41) is 13.8. The molecule has 0 saturated heterocycles. The largest absolute Gasteiger partial charge is 0.338 e. The van der Waals surface area contributed by atoms with Gasteiger partial charge in [0.1, 0.15) is 11.6 Å². The standard InChI is InChI=1S/C16H18FN5O/c1-2-15-19-7-9-22(15)8-3-6-20-16(23)21-14-5-4-12(11-18)10-13(14)17/h4-5,7,9-10H,2-3,6,8H2,1H3,(H2,20,21,23). The zero-order valence-electron chi connectivity index (χ0n) is 12.8. The van der Waals surface area contributed by atoms with Crippen molar-refractivity contribution < 1.29 is 9.18 Å². The van der Waals surface area contributed by atoms with E-state index in [0.717, 1.165) is 31.3 Å². The fourth-order valence-electron chi connectivity index (χ4n) is 2.16. The van der Waals surface area contributed by atoms with Crippen LogP contribution in [-0.2, 0) is 13.0 Å². The van der Waals surface area contributed by atoms with Gasteiger partial charge < -0.3 is 15.2 Å². The Labute approximate surface area is 134 Å². The maximum Gasteiger partial charge on any atom is 0.319 e. The normalized spacial score (nSPS) is 10.1. The molecule has 0 bridgehead atoms. The van der Waals surface area contributed by atoms with Gasteiger partial charge in [0.15, 0.2) is 0 Å². The van der Waals surface area contributed by atoms with Crippen molar-refractivity contribution in [2.75, 3.05) is 11.9 Å². The summed E-state index contributed by atoms with van der Waals surface area (Å²) in [5.74, 6) is 0.374. The van der Waals surface area contributed by atoms with E-state index >= 15 is 0 Å². The third-order valence-corrected chi connectivity index (χ3v) is 3.33. The molecule has 0 radical (unpaired) electrons. The molecule has 2 N–H and O–H groups in total. The van der Waals surface area contributed by atoms with Crippen LogP contribution in [0.15, 0.2) is 30.6 Å². The van der Waals surface area contributed by atoms with Gasteiger partial charge in [-0.15, -0.1) is 0 Å². The molecular formula is C16H18FN5O. The third-order valence-electron chi connectivity index (χ3n) is 3.33. The highest BCUT2D eigenvalue weighted by atomic mass is 19.1. The van der Waals surface area contributed by atoms with Crippen molar-refractivity contribution >= 4 is 11.7 Å². The molecule has 0 fully saturated rings.